The van der Waals surface area contributed by atoms with E-state index in [1.807, 2.05) is 13.8 Å². The smallest absolute Gasteiger partial charge is 0.258 e. The molecule has 0 aromatic carbocycles. The topological polar surface area (TPSA) is 211 Å². The van der Waals surface area contributed by atoms with Crippen LogP contribution in [0.4, 0.5) is 0 Å². The predicted molar refractivity (Wildman–Crippen MR) is 146 cm³/mol. The summed E-state index contributed by atoms with van der Waals surface area (Å²) in [6.07, 6.45) is 6.13. The first kappa shape index (κ1) is 34.0. The molecule has 0 spiro atoms. The number of aliphatic hydroxyl groups is 2. The highest BCUT2D eigenvalue weighted by Crippen LogP contribution is 2.07. The Hall–Kier alpha value is -2.04. The summed E-state index contributed by atoms with van der Waals surface area (Å²) in [7, 11) is -7.37. The van der Waals surface area contributed by atoms with E-state index in [-0.39, 0.29) is 23.1 Å². The van der Waals surface area contributed by atoms with Gasteiger partial charge in [0.05, 0.1) is 12.2 Å². The number of unbranched alkanes of at least 4 members (excludes halogenated alkanes) is 2. The van der Waals surface area contributed by atoms with Gasteiger partial charge < -0.3 is 21.7 Å². The minimum atomic E-state index is -3.69. The quantitative estimate of drug-likeness (QED) is 0.163. The molecule has 12 nitrogen and oxygen atoms in total. The molecule has 2 heterocycles. The molecular formula is C24H42N6O6S2. The normalized spacial score (nSPS) is 15.1. The van der Waals surface area contributed by atoms with Gasteiger partial charge in [0.25, 0.3) is 20.0 Å². The van der Waals surface area contributed by atoms with Crippen molar-refractivity contribution >= 4 is 20.0 Å². The molecule has 0 aliphatic rings. The van der Waals surface area contributed by atoms with Crippen molar-refractivity contribution in [1.82, 2.24) is 19.4 Å². The molecule has 2 aromatic rings. The van der Waals surface area contributed by atoms with Crippen molar-refractivity contribution in [2.24, 2.45) is 11.5 Å². The van der Waals surface area contributed by atoms with Crippen LogP contribution < -0.4 is 20.9 Å². The van der Waals surface area contributed by atoms with Crippen molar-refractivity contribution in [3.05, 3.63) is 48.8 Å². The maximum Gasteiger partial charge on any atom is 0.258 e. The lowest BCUT2D eigenvalue weighted by Gasteiger charge is -2.18. The van der Waals surface area contributed by atoms with Crippen LogP contribution in [0.3, 0.4) is 0 Å². The molecule has 216 valence electrons. The van der Waals surface area contributed by atoms with Crippen molar-refractivity contribution in [3.63, 3.8) is 0 Å². The zero-order valence-corrected chi connectivity index (χ0v) is 23.6. The summed E-state index contributed by atoms with van der Waals surface area (Å²) in [5.41, 5.74) is 11.5. The number of nitrogens with zero attached hydrogens (tertiary/aromatic N) is 2. The molecule has 0 saturated heterocycles. The summed E-state index contributed by atoms with van der Waals surface area (Å²) >= 11 is 0. The molecule has 2 aromatic heterocycles. The minimum Gasteiger partial charge on any atom is -0.390 e. The van der Waals surface area contributed by atoms with Crippen molar-refractivity contribution in [2.75, 3.05) is 13.1 Å². The highest BCUT2D eigenvalue weighted by Gasteiger charge is 2.21. The Morgan fingerprint density at radius 2 is 1.11 bits per heavy atom. The third kappa shape index (κ3) is 12.7. The summed E-state index contributed by atoms with van der Waals surface area (Å²) in [6.45, 7) is 3.85. The van der Waals surface area contributed by atoms with Gasteiger partial charge in [0.2, 0.25) is 0 Å². The monoisotopic (exact) mass is 574 g/mol. The Morgan fingerprint density at radius 1 is 0.737 bits per heavy atom. The molecule has 4 atom stereocenters. The van der Waals surface area contributed by atoms with Gasteiger partial charge in [-0.15, -0.1) is 0 Å². The lowest BCUT2D eigenvalue weighted by molar-refractivity contribution is 0.143. The maximum atomic E-state index is 11.8. The number of nitrogens with one attached hydrogen (secondary N) is 2. The summed E-state index contributed by atoms with van der Waals surface area (Å²) in [4.78, 5) is 7.52. The molecule has 0 aliphatic heterocycles. The maximum absolute atomic E-state index is 11.8. The van der Waals surface area contributed by atoms with E-state index in [1.165, 1.54) is 24.5 Å². The number of nitrogens with two attached hydrogens (primary N) is 2. The molecule has 38 heavy (non-hydrogen) atoms. The van der Waals surface area contributed by atoms with E-state index in [0.29, 0.717) is 12.8 Å². The fourth-order valence-corrected chi connectivity index (χ4v) is 5.11. The molecule has 0 amide bonds. The first-order valence-electron chi connectivity index (χ1n) is 12.6. The van der Waals surface area contributed by atoms with Crippen molar-refractivity contribution in [2.45, 2.75) is 86.7 Å². The number of pyridine rings is 2. The molecule has 0 saturated carbocycles. The first-order valence-corrected chi connectivity index (χ1v) is 15.6. The highest BCUT2D eigenvalue weighted by molar-refractivity contribution is 7.89. The van der Waals surface area contributed by atoms with Crippen LogP contribution >= 0.6 is 0 Å². The van der Waals surface area contributed by atoms with Gasteiger partial charge in [0.15, 0.2) is 10.1 Å². The van der Waals surface area contributed by atoms with Crippen LogP contribution in [0.15, 0.2) is 58.8 Å². The minimum absolute atomic E-state index is 0.0654. The Morgan fingerprint density at radius 3 is 1.39 bits per heavy atom. The average Bonchev–Trinajstić information content (AvgIpc) is 2.93. The summed E-state index contributed by atoms with van der Waals surface area (Å²) in [6, 6.07) is 8.38. The third-order valence-corrected chi connectivity index (χ3v) is 8.24. The standard InChI is InChI=1S/2C12H21N3O3S/c2*1-2-3-6-10(13)11(16)9-15-19(17,18)12-7-4-5-8-14-12/h2*4-5,7-8,10-11,15-16H,2-3,6,9,13H2,1H3/t10-,11+;10-,11-/m00/s1. The Balaban J connectivity index is 0.000000380. The van der Waals surface area contributed by atoms with Gasteiger partial charge in [0, 0.05) is 37.6 Å². The molecule has 0 bridgehead atoms. The first-order chi connectivity index (χ1) is 17.9. The molecule has 14 heteroatoms. The Kier molecular flexibility index (Phi) is 15.7. The molecule has 0 aliphatic carbocycles. The second-order valence-corrected chi connectivity index (χ2v) is 12.2. The van der Waals surface area contributed by atoms with Crippen LogP contribution in [-0.4, -0.2) is 74.4 Å². The molecule has 0 radical (unpaired) electrons. The van der Waals surface area contributed by atoms with Crippen LogP contribution in [0.5, 0.6) is 0 Å². The summed E-state index contributed by atoms with van der Waals surface area (Å²) < 4.78 is 52.0. The van der Waals surface area contributed by atoms with Crippen LogP contribution in [-0.2, 0) is 20.0 Å². The Labute approximate surface area is 226 Å². The molecule has 0 fully saturated rings. The van der Waals surface area contributed by atoms with Gasteiger partial charge in [-0.2, -0.15) is 0 Å². The number of aliphatic hydroxyl groups excluding tert-OH is 2. The zero-order chi connectivity index (χ0) is 28.6. The van der Waals surface area contributed by atoms with Crippen molar-refractivity contribution in [1.29, 1.82) is 0 Å². The second kappa shape index (κ2) is 17.5. The number of rotatable bonds is 16. The van der Waals surface area contributed by atoms with Gasteiger partial charge in [-0.05, 0) is 37.1 Å². The number of hydrogen-bond donors (Lipinski definition) is 6. The van der Waals surface area contributed by atoms with Gasteiger partial charge in [-0.1, -0.05) is 51.7 Å². The van der Waals surface area contributed by atoms with E-state index in [0.717, 1.165) is 25.7 Å². The van der Waals surface area contributed by atoms with E-state index >= 15 is 0 Å². The van der Waals surface area contributed by atoms with E-state index in [2.05, 4.69) is 19.4 Å². The van der Waals surface area contributed by atoms with E-state index < -0.39 is 44.3 Å². The van der Waals surface area contributed by atoms with Crippen molar-refractivity contribution in [3.8, 4) is 0 Å². The highest BCUT2D eigenvalue weighted by atomic mass is 32.2. The van der Waals surface area contributed by atoms with E-state index in [1.54, 1.807) is 24.3 Å². The predicted octanol–water partition coefficient (Wildman–Crippen LogP) is 0.477. The van der Waals surface area contributed by atoms with E-state index in [4.69, 9.17) is 11.5 Å². The average molecular weight is 575 g/mol. The molecule has 0 unspecified atom stereocenters. The van der Waals surface area contributed by atoms with Crippen LogP contribution in [0.2, 0.25) is 0 Å². The van der Waals surface area contributed by atoms with Crippen LogP contribution in [0, 0.1) is 0 Å². The molecule has 2 rings (SSSR count). The number of hydrogen-bond acceptors (Lipinski definition) is 10. The van der Waals surface area contributed by atoms with Crippen LogP contribution in [0.1, 0.15) is 52.4 Å². The largest absolute Gasteiger partial charge is 0.390 e. The fraction of sp³-hybridized carbons (Fsp3) is 0.583. The summed E-state index contributed by atoms with van der Waals surface area (Å²) in [5.74, 6) is 0. The van der Waals surface area contributed by atoms with E-state index in [9.17, 15) is 27.0 Å². The zero-order valence-electron chi connectivity index (χ0n) is 22.0. The fourth-order valence-electron chi connectivity index (χ4n) is 3.12. The molecule has 8 N–H and O–H groups in total. The number of sulfonamides is 2. The third-order valence-electron chi connectivity index (χ3n) is 5.56. The second-order valence-electron chi connectivity index (χ2n) is 8.79. The summed E-state index contributed by atoms with van der Waals surface area (Å²) in [5, 5.41) is 19.4. The van der Waals surface area contributed by atoms with Crippen molar-refractivity contribution < 1.29 is 27.0 Å². The lowest BCUT2D eigenvalue weighted by Crippen LogP contribution is -2.43. The number of aromatic nitrogens is 2. The SMILES string of the molecule is CCCC[C@H](N)[C@@H](O)CNS(=O)(=O)c1ccccn1.CCCC[C@H](N)[C@H](O)CNS(=O)(=O)c1ccccn1. The molecular weight excluding hydrogens is 532 g/mol. The van der Waals surface area contributed by atoms with Gasteiger partial charge in [-0.3, -0.25) is 0 Å². The van der Waals surface area contributed by atoms with Gasteiger partial charge >= 0.3 is 0 Å². The van der Waals surface area contributed by atoms with Crippen LogP contribution in [0.25, 0.3) is 0 Å². The lowest BCUT2D eigenvalue weighted by atomic mass is 10.1. The van der Waals surface area contributed by atoms with Gasteiger partial charge in [0.1, 0.15) is 0 Å². The van der Waals surface area contributed by atoms with Gasteiger partial charge in [-0.25, -0.2) is 36.2 Å². The Bertz CT molecular complexity index is 1020.